The number of rotatable bonds is 6. The van der Waals surface area contributed by atoms with Gasteiger partial charge in [-0.05, 0) is 44.9 Å². The van der Waals surface area contributed by atoms with E-state index in [1.807, 2.05) is 0 Å². The fourth-order valence-corrected chi connectivity index (χ4v) is 1.30. The van der Waals surface area contributed by atoms with Crippen LogP contribution in [0.25, 0.3) is 0 Å². The molecule has 70 valence electrons. The molecule has 0 spiro atoms. The largest absolute Gasteiger partial charge is 0.330 e. The van der Waals surface area contributed by atoms with Gasteiger partial charge in [0.2, 0.25) is 0 Å². The topological polar surface area (TPSA) is 49.9 Å². The molecule has 2 nitrogen and oxygen atoms in total. The maximum atomic E-state index is 7.18. The van der Waals surface area contributed by atoms with Gasteiger partial charge in [-0.25, -0.2) is 0 Å². The summed E-state index contributed by atoms with van der Waals surface area (Å²) < 4.78 is 0. The Hall–Kier alpha value is -0.630. The predicted molar refractivity (Wildman–Crippen MR) is 54.6 cm³/mol. The van der Waals surface area contributed by atoms with Crippen LogP contribution in [0, 0.1) is 11.3 Å². The number of nitrogens with two attached hydrogens (primary N) is 1. The SMILES string of the molecule is CCC=C(C)CC(C=N)CCN. The highest BCUT2D eigenvalue weighted by atomic mass is 14.5. The van der Waals surface area contributed by atoms with Crippen molar-refractivity contribution in [1.82, 2.24) is 0 Å². The van der Waals surface area contributed by atoms with Crippen LogP contribution in [-0.4, -0.2) is 12.8 Å². The molecule has 0 heterocycles. The van der Waals surface area contributed by atoms with Crippen molar-refractivity contribution in [2.45, 2.75) is 33.1 Å². The van der Waals surface area contributed by atoms with Gasteiger partial charge in [-0.15, -0.1) is 0 Å². The van der Waals surface area contributed by atoms with E-state index in [-0.39, 0.29) is 0 Å². The van der Waals surface area contributed by atoms with Crippen LogP contribution in [0.5, 0.6) is 0 Å². The molecule has 0 saturated carbocycles. The van der Waals surface area contributed by atoms with Crippen molar-refractivity contribution < 1.29 is 0 Å². The molecule has 0 aromatic heterocycles. The minimum atomic E-state index is 0.345. The molecular formula is C10H20N2. The highest BCUT2D eigenvalue weighted by Gasteiger charge is 2.03. The molecule has 0 bridgehead atoms. The molecule has 0 amide bonds. The molecule has 0 aromatic rings. The lowest BCUT2D eigenvalue weighted by Gasteiger charge is -2.09. The average molecular weight is 168 g/mol. The van der Waals surface area contributed by atoms with Crippen LogP contribution in [0.4, 0.5) is 0 Å². The maximum Gasteiger partial charge on any atom is -0.00131 e. The van der Waals surface area contributed by atoms with Crippen LogP contribution in [0.15, 0.2) is 11.6 Å². The van der Waals surface area contributed by atoms with Crippen molar-refractivity contribution in [3.63, 3.8) is 0 Å². The number of hydrogen-bond donors (Lipinski definition) is 2. The van der Waals surface area contributed by atoms with Crippen LogP contribution in [0.1, 0.15) is 33.1 Å². The second-order valence-electron chi connectivity index (χ2n) is 3.17. The Kier molecular flexibility index (Phi) is 6.67. The van der Waals surface area contributed by atoms with E-state index in [0.29, 0.717) is 12.5 Å². The lowest BCUT2D eigenvalue weighted by atomic mass is 9.98. The Morgan fingerprint density at radius 1 is 1.58 bits per heavy atom. The lowest BCUT2D eigenvalue weighted by Crippen LogP contribution is -2.09. The molecular weight excluding hydrogens is 148 g/mol. The molecule has 0 aliphatic heterocycles. The molecule has 2 heteroatoms. The molecule has 0 rings (SSSR count). The minimum Gasteiger partial charge on any atom is -0.330 e. The maximum absolute atomic E-state index is 7.18. The summed E-state index contributed by atoms with van der Waals surface area (Å²) in [4.78, 5) is 0. The van der Waals surface area contributed by atoms with Crippen molar-refractivity contribution in [2.24, 2.45) is 11.7 Å². The van der Waals surface area contributed by atoms with Crippen molar-refractivity contribution in [2.75, 3.05) is 6.54 Å². The van der Waals surface area contributed by atoms with Gasteiger partial charge in [-0.2, -0.15) is 0 Å². The summed E-state index contributed by atoms with van der Waals surface area (Å²) in [7, 11) is 0. The third-order valence-electron chi connectivity index (χ3n) is 1.91. The summed E-state index contributed by atoms with van der Waals surface area (Å²) in [5, 5.41) is 7.18. The van der Waals surface area contributed by atoms with Crippen LogP contribution in [0.3, 0.4) is 0 Å². The smallest absolute Gasteiger partial charge is 0.00131 e. The summed E-state index contributed by atoms with van der Waals surface area (Å²) in [6, 6.07) is 0. The zero-order chi connectivity index (χ0) is 9.40. The third-order valence-corrected chi connectivity index (χ3v) is 1.91. The van der Waals surface area contributed by atoms with Gasteiger partial charge in [-0.3, -0.25) is 0 Å². The van der Waals surface area contributed by atoms with E-state index in [1.54, 1.807) is 0 Å². The minimum absolute atomic E-state index is 0.345. The quantitative estimate of drug-likeness (QED) is 0.464. The van der Waals surface area contributed by atoms with E-state index in [0.717, 1.165) is 19.3 Å². The molecule has 3 N–H and O–H groups in total. The first kappa shape index (κ1) is 11.4. The van der Waals surface area contributed by atoms with Gasteiger partial charge in [0.1, 0.15) is 0 Å². The van der Waals surface area contributed by atoms with Gasteiger partial charge in [0.25, 0.3) is 0 Å². The van der Waals surface area contributed by atoms with E-state index in [9.17, 15) is 0 Å². The zero-order valence-corrected chi connectivity index (χ0v) is 8.14. The zero-order valence-electron chi connectivity index (χ0n) is 8.14. The first-order chi connectivity index (χ1) is 5.74. The Bertz CT molecular complexity index is 150. The fourth-order valence-electron chi connectivity index (χ4n) is 1.30. The summed E-state index contributed by atoms with van der Waals surface area (Å²) in [6.07, 6.45) is 6.74. The normalized spacial score (nSPS) is 14.4. The van der Waals surface area contributed by atoms with Gasteiger partial charge in [0.05, 0.1) is 0 Å². The predicted octanol–water partition coefficient (Wildman–Crippen LogP) is 2.35. The van der Waals surface area contributed by atoms with Crippen LogP contribution < -0.4 is 5.73 Å². The van der Waals surface area contributed by atoms with Crippen molar-refractivity contribution in [1.29, 1.82) is 5.41 Å². The Morgan fingerprint density at radius 3 is 2.67 bits per heavy atom. The molecule has 12 heavy (non-hydrogen) atoms. The second kappa shape index (κ2) is 7.04. The van der Waals surface area contributed by atoms with E-state index in [2.05, 4.69) is 19.9 Å². The number of nitrogens with one attached hydrogen (secondary N) is 1. The average Bonchev–Trinajstić information content (AvgIpc) is 2.04. The molecule has 1 atom stereocenters. The third kappa shape index (κ3) is 5.08. The lowest BCUT2D eigenvalue weighted by molar-refractivity contribution is 0.634. The van der Waals surface area contributed by atoms with Gasteiger partial charge in [-0.1, -0.05) is 18.6 Å². The number of allylic oxidation sites excluding steroid dienone is 2. The monoisotopic (exact) mass is 168 g/mol. The Morgan fingerprint density at radius 2 is 2.25 bits per heavy atom. The molecule has 1 unspecified atom stereocenters. The van der Waals surface area contributed by atoms with Crippen LogP contribution >= 0.6 is 0 Å². The first-order valence-electron chi connectivity index (χ1n) is 4.60. The van der Waals surface area contributed by atoms with E-state index in [4.69, 9.17) is 11.1 Å². The van der Waals surface area contributed by atoms with Gasteiger partial charge < -0.3 is 11.1 Å². The van der Waals surface area contributed by atoms with E-state index < -0.39 is 0 Å². The first-order valence-corrected chi connectivity index (χ1v) is 4.60. The molecule has 0 aromatic carbocycles. The second-order valence-corrected chi connectivity index (χ2v) is 3.17. The summed E-state index contributed by atoms with van der Waals surface area (Å²) in [5.74, 6) is 0.345. The van der Waals surface area contributed by atoms with Crippen LogP contribution in [-0.2, 0) is 0 Å². The van der Waals surface area contributed by atoms with Crippen molar-refractivity contribution >= 4 is 6.21 Å². The number of hydrogen-bond acceptors (Lipinski definition) is 2. The van der Waals surface area contributed by atoms with Crippen molar-refractivity contribution in [3.8, 4) is 0 Å². The molecule has 0 saturated heterocycles. The highest BCUT2D eigenvalue weighted by Crippen LogP contribution is 2.12. The highest BCUT2D eigenvalue weighted by molar-refractivity contribution is 5.57. The van der Waals surface area contributed by atoms with Gasteiger partial charge >= 0.3 is 0 Å². The van der Waals surface area contributed by atoms with Gasteiger partial charge in [0, 0.05) is 0 Å². The molecule has 0 aliphatic rings. The Labute approximate surface area is 75.4 Å². The van der Waals surface area contributed by atoms with Gasteiger partial charge in [0.15, 0.2) is 0 Å². The molecule has 0 aliphatic carbocycles. The fraction of sp³-hybridized carbons (Fsp3) is 0.700. The summed E-state index contributed by atoms with van der Waals surface area (Å²) >= 11 is 0. The molecule has 0 radical (unpaired) electrons. The van der Waals surface area contributed by atoms with Crippen LogP contribution in [0.2, 0.25) is 0 Å². The summed E-state index contributed by atoms with van der Waals surface area (Å²) in [5.41, 5.74) is 6.81. The molecule has 0 fully saturated rings. The van der Waals surface area contributed by atoms with E-state index >= 15 is 0 Å². The van der Waals surface area contributed by atoms with Crippen molar-refractivity contribution in [3.05, 3.63) is 11.6 Å². The van der Waals surface area contributed by atoms with E-state index in [1.165, 1.54) is 11.8 Å². The standard InChI is InChI=1S/C10H20N2/c1-3-4-9(2)7-10(8-12)5-6-11/h4,8,10,12H,3,5-7,11H2,1-2H3. The summed E-state index contributed by atoms with van der Waals surface area (Å²) in [6.45, 7) is 4.93. The Balaban J connectivity index is 3.84.